The molecule has 1 aliphatic rings. The van der Waals surface area contributed by atoms with Crippen LogP contribution in [-0.4, -0.2) is 34.1 Å². The van der Waals surface area contributed by atoms with Crippen LogP contribution in [0.25, 0.3) is 10.9 Å². The number of nitrogens with zero attached hydrogens (tertiary/aromatic N) is 2. The van der Waals surface area contributed by atoms with Crippen molar-refractivity contribution in [3.8, 4) is 5.75 Å². The number of amides is 3. The summed E-state index contributed by atoms with van der Waals surface area (Å²) in [6.07, 6.45) is 0.700. The highest BCUT2D eigenvalue weighted by Gasteiger charge is 2.32. The molecule has 4 rings (SSSR count). The first kappa shape index (κ1) is 21.5. The number of imide groups is 1. The SMILES string of the molecule is Cc1ccc([C@H](C)NC(=O)COc2cccc3c(C4CCC(=O)NC4=O)nn(C)c23)cc1. The topological polar surface area (TPSA) is 102 Å². The van der Waals surface area contributed by atoms with Gasteiger partial charge in [-0.2, -0.15) is 5.10 Å². The molecule has 2 atom stereocenters. The van der Waals surface area contributed by atoms with Gasteiger partial charge >= 0.3 is 0 Å². The molecule has 0 spiro atoms. The minimum Gasteiger partial charge on any atom is -0.482 e. The number of aromatic nitrogens is 2. The number of nitrogens with one attached hydrogen (secondary N) is 2. The largest absolute Gasteiger partial charge is 0.482 e. The molecule has 2 N–H and O–H groups in total. The van der Waals surface area contributed by atoms with Crippen LogP contribution in [0, 0.1) is 6.92 Å². The van der Waals surface area contributed by atoms with Gasteiger partial charge in [-0.3, -0.25) is 24.4 Å². The van der Waals surface area contributed by atoms with Gasteiger partial charge in [0.15, 0.2) is 6.61 Å². The molecule has 1 fully saturated rings. The zero-order valence-electron chi connectivity index (χ0n) is 18.3. The van der Waals surface area contributed by atoms with Crippen molar-refractivity contribution >= 4 is 28.6 Å². The standard InChI is InChI=1S/C24H26N4O4/c1-14-7-9-16(10-8-14)15(2)25-21(30)13-32-19-6-4-5-17-22(27-28(3)23(17)19)18-11-12-20(29)26-24(18)31/h4-10,15,18H,11-13H2,1-3H3,(H,25,30)(H,26,29,31)/t15-,18?/m0/s1. The average molecular weight is 434 g/mol. The molecule has 1 aromatic heterocycles. The number of piperidine rings is 1. The highest BCUT2D eigenvalue weighted by atomic mass is 16.5. The van der Waals surface area contributed by atoms with Crippen molar-refractivity contribution in [2.45, 2.75) is 38.6 Å². The first-order valence-corrected chi connectivity index (χ1v) is 10.6. The smallest absolute Gasteiger partial charge is 0.258 e. The second-order valence-electron chi connectivity index (χ2n) is 8.15. The van der Waals surface area contributed by atoms with Gasteiger partial charge in [0.1, 0.15) is 11.3 Å². The molecule has 3 amide bonds. The van der Waals surface area contributed by atoms with Crippen LogP contribution >= 0.6 is 0 Å². The van der Waals surface area contributed by atoms with E-state index < -0.39 is 5.92 Å². The Morgan fingerprint density at radius 2 is 2.00 bits per heavy atom. The normalized spacial score (nSPS) is 17.2. The van der Waals surface area contributed by atoms with Crippen molar-refractivity contribution < 1.29 is 19.1 Å². The minimum absolute atomic E-state index is 0.140. The number of hydrogen-bond acceptors (Lipinski definition) is 5. The van der Waals surface area contributed by atoms with Gasteiger partial charge in [-0.15, -0.1) is 0 Å². The van der Waals surface area contributed by atoms with E-state index in [2.05, 4.69) is 15.7 Å². The molecule has 1 aliphatic heterocycles. The van der Waals surface area contributed by atoms with E-state index in [1.165, 1.54) is 0 Å². The second-order valence-corrected chi connectivity index (χ2v) is 8.15. The van der Waals surface area contributed by atoms with E-state index in [9.17, 15) is 14.4 Å². The number of hydrogen-bond donors (Lipinski definition) is 2. The third-order valence-corrected chi connectivity index (χ3v) is 5.74. The van der Waals surface area contributed by atoms with E-state index in [4.69, 9.17) is 4.74 Å². The van der Waals surface area contributed by atoms with Crippen molar-refractivity contribution in [1.29, 1.82) is 0 Å². The Morgan fingerprint density at radius 3 is 2.72 bits per heavy atom. The molecule has 1 unspecified atom stereocenters. The van der Waals surface area contributed by atoms with Crippen molar-refractivity contribution in [3.05, 3.63) is 59.3 Å². The zero-order valence-corrected chi connectivity index (χ0v) is 18.3. The Labute approximate surface area is 185 Å². The molecule has 2 heterocycles. The van der Waals surface area contributed by atoms with E-state index in [-0.39, 0.29) is 36.8 Å². The molecule has 3 aromatic rings. The highest BCUT2D eigenvalue weighted by molar-refractivity contribution is 6.03. The van der Waals surface area contributed by atoms with Crippen molar-refractivity contribution in [2.75, 3.05) is 6.61 Å². The fourth-order valence-electron chi connectivity index (χ4n) is 4.02. The molecule has 0 bridgehead atoms. The maximum absolute atomic E-state index is 12.5. The Hall–Kier alpha value is -3.68. The summed E-state index contributed by atoms with van der Waals surface area (Å²) in [7, 11) is 1.77. The molecule has 166 valence electrons. The maximum Gasteiger partial charge on any atom is 0.258 e. The number of carbonyl (C=O) groups is 3. The van der Waals surface area contributed by atoms with Gasteiger partial charge in [-0.1, -0.05) is 42.0 Å². The van der Waals surface area contributed by atoms with Crippen LogP contribution in [0.3, 0.4) is 0 Å². The summed E-state index contributed by atoms with van der Waals surface area (Å²) in [6, 6.07) is 13.3. The van der Waals surface area contributed by atoms with Gasteiger partial charge in [0, 0.05) is 18.9 Å². The van der Waals surface area contributed by atoms with Crippen LogP contribution in [0.5, 0.6) is 5.75 Å². The molecule has 0 saturated carbocycles. The molecule has 2 aromatic carbocycles. The predicted molar refractivity (Wildman–Crippen MR) is 119 cm³/mol. The summed E-state index contributed by atoms with van der Waals surface area (Å²) in [5.74, 6) is -0.819. The Balaban J connectivity index is 1.48. The zero-order chi connectivity index (χ0) is 22.8. The molecular weight excluding hydrogens is 408 g/mol. The summed E-state index contributed by atoms with van der Waals surface area (Å²) in [6.45, 7) is 3.80. The number of fused-ring (bicyclic) bond motifs is 1. The fraction of sp³-hybridized carbons (Fsp3) is 0.333. The summed E-state index contributed by atoms with van der Waals surface area (Å²) >= 11 is 0. The van der Waals surface area contributed by atoms with E-state index >= 15 is 0 Å². The van der Waals surface area contributed by atoms with Gasteiger partial charge < -0.3 is 10.1 Å². The molecule has 8 nitrogen and oxygen atoms in total. The molecule has 0 aliphatic carbocycles. The Bertz CT molecular complexity index is 1180. The summed E-state index contributed by atoms with van der Waals surface area (Å²) in [5, 5.41) is 10.6. The molecule has 1 saturated heterocycles. The van der Waals surface area contributed by atoms with Gasteiger partial charge in [0.2, 0.25) is 11.8 Å². The van der Waals surface area contributed by atoms with Crippen molar-refractivity contribution in [1.82, 2.24) is 20.4 Å². The molecular formula is C24H26N4O4. The number of ether oxygens (including phenoxy) is 1. The Morgan fingerprint density at radius 1 is 1.25 bits per heavy atom. The molecule has 8 heteroatoms. The van der Waals surface area contributed by atoms with Gasteiger partial charge in [0.05, 0.1) is 17.7 Å². The lowest BCUT2D eigenvalue weighted by atomic mass is 9.93. The van der Waals surface area contributed by atoms with E-state index in [0.717, 1.165) is 16.5 Å². The maximum atomic E-state index is 12.5. The quantitative estimate of drug-likeness (QED) is 0.581. The number of para-hydroxylation sites is 1. The number of benzene rings is 2. The molecule has 32 heavy (non-hydrogen) atoms. The Kier molecular flexibility index (Phi) is 5.94. The van der Waals surface area contributed by atoms with Crippen LogP contribution < -0.4 is 15.4 Å². The minimum atomic E-state index is -0.495. The van der Waals surface area contributed by atoms with Crippen molar-refractivity contribution in [2.24, 2.45) is 7.05 Å². The van der Waals surface area contributed by atoms with Crippen molar-refractivity contribution in [3.63, 3.8) is 0 Å². The summed E-state index contributed by atoms with van der Waals surface area (Å²) in [4.78, 5) is 36.3. The van der Waals surface area contributed by atoms with Crippen LogP contribution in [0.1, 0.15) is 48.5 Å². The molecule has 0 radical (unpaired) electrons. The fourth-order valence-corrected chi connectivity index (χ4v) is 4.02. The van der Waals surface area contributed by atoms with Gasteiger partial charge in [-0.25, -0.2) is 0 Å². The van der Waals surface area contributed by atoms with Crippen LogP contribution in [0.4, 0.5) is 0 Å². The van der Waals surface area contributed by atoms with Gasteiger partial charge in [-0.05, 0) is 31.9 Å². The highest BCUT2D eigenvalue weighted by Crippen LogP contribution is 2.34. The first-order valence-electron chi connectivity index (χ1n) is 10.6. The second kappa shape index (κ2) is 8.82. The summed E-state index contributed by atoms with van der Waals surface area (Å²) < 4.78 is 7.48. The van der Waals surface area contributed by atoms with E-state index in [0.29, 0.717) is 23.4 Å². The monoisotopic (exact) mass is 434 g/mol. The lowest BCUT2D eigenvalue weighted by Gasteiger charge is -2.19. The number of aryl methyl sites for hydroxylation is 2. The third-order valence-electron chi connectivity index (χ3n) is 5.74. The van der Waals surface area contributed by atoms with E-state index in [1.54, 1.807) is 17.8 Å². The lowest BCUT2D eigenvalue weighted by molar-refractivity contribution is -0.134. The van der Waals surface area contributed by atoms with Crippen LogP contribution in [0.2, 0.25) is 0 Å². The van der Waals surface area contributed by atoms with E-state index in [1.807, 2.05) is 50.2 Å². The van der Waals surface area contributed by atoms with Crippen LogP contribution in [0.15, 0.2) is 42.5 Å². The van der Waals surface area contributed by atoms with Crippen LogP contribution in [-0.2, 0) is 21.4 Å². The number of rotatable bonds is 6. The summed E-state index contributed by atoms with van der Waals surface area (Å²) in [5.41, 5.74) is 3.49. The van der Waals surface area contributed by atoms with Gasteiger partial charge in [0.25, 0.3) is 5.91 Å². The third kappa shape index (κ3) is 4.34. The lowest BCUT2D eigenvalue weighted by Crippen LogP contribution is -2.39. The predicted octanol–water partition coefficient (Wildman–Crippen LogP) is 2.66. The number of carbonyl (C=O) groups excluding carboxylic acids is 3. The average Bonchev–Trinajstić information content (AvgIpc) is 3.09. The first-order chi connectivity index (χ1) is 15.3.